The van der Waals surface area contributed by atoms with Crippen molar-refractivity contribution < 1.29 is 10.0 Å². The lowest BCUT2D eigenvalue weighted by Gasteiger charge is -2.18. The van der Waals surface area contributed by atoms with Crippen LogP contribution in [0.3, 0.4) is 0 Å². The lowest BCUT2D eigenvalue weighted by atomic mass is 10.0. The number of hydroxylamine groups is 1. The number of benzene rings is 2. The first-order valence-corrected chi connectivity index (χ1v) is 10.1. The van der Waals surface area contributed by atoms with Gasteiger partial charge in [0.2, 0.25) is 0 Å². The first-order valence-electron chi connectivity index (χ1n) is 8.79. The second-order valence-electron chi connectivity index (χ2n) is 6.75. The van der Waals surface area contributed by atoms with E-state index in [4.69, 9.17) is 17.4 Å². The molecule has 0 saturated heterocycles. The van der Waals surface area contributed by atoms with Crippen molar-refractivity contribution in [3.8, 4) is 23.1 Å². The van der Waals surface area contributed by atoms with Crippen molar-refractivity contribution in [3.05, 3.63) is 76.1 Å². The minimum atomic E-state index is -0.740. The Kier molecular flexibility index (Phi) is 6.39. The molecule has 1 aromatic heterocycles. The maximum absolute atomic E-state index is 12.6. The summed E-state index contributed by atoms with van der Waals surface area (Å²) in [5.41, 5.74) is 4.43. The van der Waals surface area contributed by atoms with E-state index in [2.05, 4.69) is 22.1 Å². The van der Waals surface area contributed by atoms with Gasteiger partial charge >= 0.3 is 0 Å². The Morgan fingerprint density at radius 3 is 2.48 bits per heavy atom. The average molecular weight is 422 g/mol. The summed E-state index contributed by atoms with van der Waals surface area (Å²) >= 11 is 6.27. The molecule has 0 radical (unpaired) electrons. The normalized spacial score (nSPS) is 10.6. The van der Waals surface area contributed by atoms with Gasteiger partial charge in [0.1, 0.15) is 4.99 Å². The van der Waals surface area contributed by atoms with Crippen LogP contribution in [0.15, 0.2) is 60.0 Å². The SMILES string of the molecule is CC(C)(C#Cc1ccc(C(=S)NO)cc1)NC(=O)c1nc(-c2ccccc2)cs1. The first kappa shape index (κ1) is 20.7. The number of rotatable bonds is 4. The van der Waals surface area contributed by atoms with Crippen LogP contribution in [0, 0.1) is 11.8 Å². The molecule has 0 atom stereocenters. The molecule has 1 amide bonds. The third-order valence-corrected chi connectivity index (χ3v) is 5.13. The van der Waals surface area contributed by atoms with Crippen LogP contribution in [0.4, 0.5) is 0 Å². The zero-order valence-electron chi connectivity index (χ0n) is 15.9. The standard InChI is InChI=1S/C22H19N3O2S2/c1-22(2,13-12-15-8-10-17(11-9-15)20(28)25-27)24-19(26)21-23-18(14-29-21)16-6-4-3-5-7-16/h3-11,14,27H,1-2H3,(H,24,26)(H,25,28). The van der Waals surface area contributed by atoms with E-state index in [0.29, 0.717) is 10.6 Å². The van der Waals surface area contributed by atoms with Gasteiger partial charge in [-0.25, -0.2) is 4.98 Å². The van der Waals surface area contributed by atoms with E-state index in [-0.39, 0.29) is 10.9 Å². The summed E-state index contributed by atoms with van der Waals surface area (Å²) in [5.74, 6) is 5.87. The van der Waals surface area contributed by atoms with E-state index in [9.17, 15) is 4.79 Å². The number of amides is 1. The van der Waals surface area contributed by atoms with Crippen LogP contribution in [0.2, 0.25) is 0 Å². The van der Waals surface area contributed by atoms with Crippen LogP contribution in [0.25, 0.3) is 11.3 Å². The smallest absolute Gasteiger partial charge is 0.281 e. The van der Waals surface area contributed by atoms with Crippen molar-refractivity contribution in [2.75, 3.05) is 0 Å². The van der Waals surface area contributed by atoms with Crippen molar-refractivity contribution in [3.63, 3.8) is 0 Å². The Bertz CT molecular complexity index is 1080. The number of nitrogens with one attached hydrogen (secondary N) is 2. The van der Waals surface area contributed by atoms with Crippen LogP contribution in [-0.2, 0) is 0 Å². The van der Waals surface area contributed by atoms with Crippen LogP contribution in [0.5, 0.6) is 0 Å². The van der Waals surface area contributed by atoms with E-state index >= 15 is 0 Å². The fraction of sp³-hybridized carbons (Fsp3) is 0.136. The van der Waals surface area contributed by atoms with Crippen LogP contribution < -0.4 is 10.8 Å². The van der Waals surface area contributed by atoms with Crippen molar-refractivity contribution in [2.45, 2.75) is 19.4 Å². The maximum Gasteiger partial charge on any atom is 0.281 e. The van der Waals surface area contributed by atoms with Gasteiger partial charge in [0.15, 0.2) is 5.01 Å². The molecular formula is C22H19N3O2S2. The summed E-state index contributed by atoms with van der Waals surface area (Å²) in [4.78, 5) is 17.3. The Labute approximate surface area is 178 Å². The van der Waals surface area contributed by atoms with Crippen LogP contribution in [0.1, 0.15) is 34.8 Å². The number of hydrogen-bond donors (Lipinski definition) is 3. The van der Waals surface area contributed by atoms with Crippen molar-refractivity contribution in [1.29, 1.82) is 0 Å². The summed E-state index contributed by atoms with van der Waals surface area (Å²) in [6.07, 6.45) is 0. The number of thiocarbonyl (C=S) groups is 1. The molecule has 3 N–H and O–H groups in total. The number of thiazole rings is 1. The largest absolute Gasteiger partial charge is 0.334 e. The average Bonchev–Trinajstić information content (AvgIpc) is 3.23. The molecular weight excluding hydrogens is 402 g/mol. The fourth-order valence-electron chi connectivity index (χ4n) is 2.49. The van der Waals surface area contributed by atoms with Gasteiger partial charge in [-0.05, 0) is 26.0 Å². The minimum absolute atomic E-state index is 0.246. The topological polar surface area (TPSA) is 74.2 Å². The first-order chi connectivity index (χ1) is 13.9. The summed E-state index contributed by atoms with van der Waals surface area (Å²) in [6.45, 7) is 3.67. The zero-order chi connectivity index (χ0) is 20.9. The molecule has 3 aromatic rings. The summed E-state index contributed by atoms with van der Waals surface area (Å²) in [7, 11) is 0. The molecule has 3 rings (SSSR count). The van der Waals surface area contributed by atoms with E-state index < -0.39 is 5.54 Å². The Morgan fingerprint density at radius 2 is 1.83 bits per heavy atom. The summed E-state index contributed by atoms with van der Waals surface area (Å²) < 4.78 is 0. The van der Waals surface area contributed by atoms with E-state index in [1.54, 1.807) is 24.3 Å². The fourth-order valence-corrected chi connectivity index (χ4v) is 3.34. The highest BCUT2D eigenvalue weighted by molar-refractivity contribution is 7.80. The molecule has 1 heterocycles. The van der Waals surface area contributed by atoms with E-state index in [1.807, 2.05) is 55.0 Å². The minimum Gasteiger partial charge on any atom is -0.334 e. The van der Waals surface area contributed by atoms with Gasteiger partial charge in [0.05, 0.1) is 11.2 Å². The van der Waals surface area contributed by atoms with Crippen molar-refractivity contribution >= 4 is 34.5 Å². The molecule has 0 fully saturated rings. The molecule has 0 spiro atoms. The van der Waals surface area contributed by atoms with Gasteiger partial charge in [0, 0.05) is 22.1 Å². The third-order valence-electron chi connectivity index (χ3n) is 3.96. The second-order valence-corrected chi connectivity index (χ2v) is 8.02. The summed E-state index contributed by atoms with van der Waals surface area (Å²) in [6, 6.07) is 16.9. The second kappa shape index (κ2) is 8.97. The molecule has 0 bridgehead atoms. The molecule has 7 heteroatoms. The van der Waals surface area contributed by atoms with Crippen molar-refractivity contribution in [2.24, 2.45) is 0 Å². The molecule has 0 aliphatic rings. The predicted molar refractivity (Wildman–Crippen MR) is 119 cm³/mol. The molecule has 146 valence electrons. The quantitative estimate of drug-likeness (QED) is 0.337. The Hall–Kier alpha value is -3.05. The third kappa shape index (κ3) is 5.48. The molecule has 0 unspecified atom stereocenters. The monoisotopic (exact) mass is 421 g/mol. The van der Waals surface area contributed by atoms with Gasteiger partial charge in [-0.15, -0.1) is 11.3 Å². The highest BCUT2D eigenvalue weighted by atomic mass is 32.1. The molecule has 0 aliphatic heterocycles. The number of nitrogens with zero attached hydrogens (tertiary/aromatic N) is 1. The molecule has 0 aliphatic carbocycles. The van der Waals surface area contributed by atoms with Crippen LogP contribution >= 0.6 is 23.6 Å². The van der Waals surface area contributed by atoms with Gasteiger partial charge in [0.25, 0.3) is 5.91 Å². The highest BCUT2D eigenvalue weighted by Crippen LogP contribution is 2.21. The molecule has 0 saturated carbocycles. The van der Waals surface area contributed by atoms with E-state index in [0.717, 1.165) is 16.8 Å². The van der Waals surface area contributed by atoms with E-state index in [1.165, 1.54) is 11.3 Å². The number of aromatic nitrogens is 1. The highest BCUT2D eigenvalue weighted by Gasteiger charge is 2.21. The van der Waals surface area contributed by atoms with Gasteiger partial charge in [-0.3, -0.25) is 15.5 Å². The molecule has 5 nitrogen and oxygen atoms in total. The van der Waals surface area contributed by atoms with Gasteiger partial charge in [-0.1, -0.05) is 66.5 Å². The summed E-state index contributed by atoms with van der Waals surface area (Å²) in [5, 5.41) is 14.0. The number of hydrogen-bond acceptors (Lipinski definition) is 5. The number of carbonyl (C=O) groups excluding carboxylic acids is 1. The van der Waals surface area contributed by atoms with Gasteiger partial charge in [-0.2, -0.15) is 0 Å². The zero-order valence-corrected chi connectivity index (χ0v) is 17.5. The lowest BCUT2D eigenvalue weighted by Crippen LogP contribution is -2.42. The number of carbonyl (C=O) groups is 1. The lowest BCUT2D eigenvalue weighted by molar-refractivity contribution is 0.0929. The molecule has 2 aromatic carbocycles. The predicted octanol–water partition coefficient (Wildman–Crippen LogP) is 4.02. The van der Waals surface area contributed by atoms with Crippen LogP contribution in [-0.4, -0.2) is 26.6 Å². The van der Waals surface area contributed by atoms with Crippen molar-refractivity contribution in [1.82, 2.24) is 15.8 Å². The maximum atomic E-state index is 12.6. The van der Waals surface area contributed by atoms with Gasteiger partial charge < -0.3 is 5.32 Å². The Morgan fingerprint density at radius 1 is 1.14 bits per heavy atom. The Balaban J connectivity index is 1.68. The molecule has 29 heavy (non-hydrogen) atoms.